The summed E-state index contributed by atoms with van der Waals surface area (Å²) in [4.78, 5) is 4.31. The van der Waals surface area contributed by atoms with Crippen LogP contribution in [0.25, 0.3) is 10.9 Å². The Balaban J connectivity index is 1.77. The van der Waals surface area contributed by atoms with Gasteiger partial charge in [-0.2, -0.15) is 5.26 Å². The van der Waals surface area contributed by atoms with E-state index in [0.29, 0.717) is 12.5 Å². The van der Waals surface area contributed by atoms with Crippen molar-refractivity contribution in [3.63, 3.8) is 0 Å². The van der Waals surface area contributed by atoms with Gasteiger partial charge in [0.1, 0.15) is 17.9 Å². The molecule has 4 heteroatoms. The Morgan fingerprint density at radius 2 is 2.30 bits per heavy atom. The van der Waals surface area contributed by atoms with Gasteiger partial charge in [-0.25, -0.2) is 0 Å². The van der Waals surface area contributed by atoms with E-state index in [4.69, 9.17) is 4.74 Å². The van der Waals surface area contributed by atoms with E-state index in [0.717, 1.165) is 29.5 Å². The molecule has 0 amide bonds. The number of hydrogen-bond acceptors (Lipinski definition) is 4. The van der Waals surface area contributed by atoms with Gasteiger partial charge in [0.15, 0.2) is 0 Å². The van der Waals surface area contributed by atoms with Crippen LogP contribution in [0, 0.1) is 17.2 Å². The quantitative estimate of drug-likeness (QED) is 0.904. The molecule has 1 aliphatic carbocycles. The fourth-order valence-electron chi connectivity index (χ4n) is 2.48. The van der Waals surface area contributed by atoms with Crippen molar-refractivity contribution < 1.29 is 4.74 Å². The van der Waals surface area contributed by atoms with E-state index in [2.05, 4.69) is 16.4 Å². The van der Waals surface area contributed by atoms with E-state index >= 15 is 0 Å². The number of rotatable bonds is 5. The first-order chi connectivity index (χ1) is 9.77. The lowest BCUT2D eigenvalue weighted by Gasteiger charge is -2.26. The SMILES string of the molecule is CNC(C#N)(COc1ccc2cccnc2c1)C1CC1. The summed E-state index contributed by atoms with van der Waals surface area (Å²) in [6.45, 7) is 0.364. The number of nitrogens with zero attached hydrogens (tertiary/aromatic N) is 2. The fourth-order valence-corrected chi connectivity index (χ4v) is 2.48. The molecule has 20 heavy (non-hydrogen) atoms. The molecule has 0 aliphatic heterocycles. The standard InChI is InChI=1S/C16H17N3O/c1-18-16(10-17,13-5-6-13)11-20-14-7-4-12-3-2-8-19-15(12)9-14/h2-4,7-9,13,18H,5-6,11H2,1H3. The number of fused-ring (bicyclic) bond motifs is 1. The Kier molecular flexibility index (Phi) is 3.29. The molecule has 3 rings (SSSR count). The summed E-state index contributed by atoms with van der Waals surface area (Å²) in [6.07, 6.45) is 3.96. The van der Waals surface area contributed by atoms with Gasteiger partial charge >= 0.3 is 0 Å². The first-order valence-electron chi connectivity index (χ1n) is 6.85. The van der Waals surface area contributed by atoms with Crippen molar-refractivity contribution in [2.45, 2.75) is 18.4 Å². The topological polar surface area (TPSA) is 57.9 Å². The van der Waals surface area contributed by atoms with Gasteiger partial charge in [-0.05, 0) is 44.0 Å². The zero-order chi connectivity index (χ0) is 14.0. The summed E-state index contributed by atoms with van der Waals surface area (Å²) >= 11 is 0. The van der Waals surface area contributed by atoms with Crippen molar-refractivity contribution in [3.05, 3.63) is 36.5 Å². The summed E-state index contributed by atoms with van der Waals surface area (Å²) in [6, 6.07) is 12.1. The third kappa shape index (κ3) is 2.33. The molecule has 1 unspecified atom stereocenters. The van der Waals surface area contributed by atoms with Crippen LogP contribution in [0.3, 0.4) is 0 Å². The molecule has 0 spiro atoms. The molecule has 1 saturated carbocycles. The van der Waals surface area contributed by atoms with E-state index < -0.39 is 5.54 Å². The van der Waals surface area contributed by atoms with Crippen molar-refractivity contribution in [1.29, 1.82) is 5.26 Å². The van der Waals surface area contributed by atoms with Crippen LogP contribution >= 0.6 is 0 Å². The summed E-state index contributed by atoms with van der Waals surface area (Å²) in [5.74, 6) is 1.16. The monoisotopic (exact) mass is 267 g/mol. The zero-order valence-electron chi connectivity index (χ0n) is 11.5. The molecule has 0 saturated heterocycles. The van der Waals surface area contributed by atoms with Gasteiger partial charge in [0.25, 0.3) is 0 Å². The molecular weight excluding hydrogens is 250 g/mol. The van der Waals surface area contributed by atoms with E-state index in [1.807, 2.05) is 37.4 Å². The number of ether oxygens (including phenoxy) is 1. The second-order valence-corrected chi connectivity index (χ2v) is 5.25. The highest BCUT2D eigenvalue weighted by Crippen LogP contribution is 2.39. The van der Waals surface area contributed by atoms with Crippen molar-refractivity contribution in [2.24, 2.45) is 5.92 Å². The molecule has 1 heterocycles. The van der Waals surface area contributed by atoms with Crippen LogP contribution in [0.5, 0.6) is 5.75 Å². The third-order valence-corrected chi connectivity index (χ3v) is 3.96. The van der Waals surface area contributed by atoms with Crippen LogP contribution in [0.2, 0.25) is 0 Å². The Labute approximate surface area is 118 Å². The Morgan fingerprint density at radius 1 is 1.45 bits per heavy atom. The Morgan fingerprint density at radius 3 is 3.00 bits per heavy atom. The number of pyridine rings is 1. The summed E-state index contributed by atoms with van der Waals surface area (Å²) in [5.41, 5.74) is 0.336. The minimum atomic E-state index is -0.570. The molecule has 0 radical (unpaired) electrons. The van der Waals surface area contributed by atoms with Crippen molar-refractivity contribution in [2.75, 3.05) is 13.7 Å². The predicted molar refractivity (Wildman–Crippen MR) is 77.4 cm³/mol. The molecule has 1 aliphatic rings. The highest BCUT2D eigenvalue weighted by Gasteiger charge is 2.45. The van der Waals surface area contributed by atoms with E-state index in [-0.39, 0.29) is 0 Å². The van der Waals surface area contributed by atoms with Crippen LogP contribution in [0.15, 0.2) is 36.5 Å². The number of nitrogens with one attached hydrogen (secondary N) is 1. The molecule has 1 fully saturated rings. The van der Waals surface area contributed by atoms with Crippen LogP contribution < -0.4 is 10.1 Å². The van der Waals surface area contributed by atoms with Crippen LogP contribution in [-0.4, -0.2) is 24.2 Å². The van der Waals surface area contributed by atoms with Gasteiger partial charge in [-0.1, -0.05) is 6.07 Å². The molecule has 1 atom stereocenters. The predicted octanol–water partition coefficient (Wildman–Crippen LogP) is 2.51. The molecule has 1 aromatic carbocycles. The summed E-state index contributed by atoms with van der Waals surface area (Å²) in [7, 11) is 1.83. The van der Waals surface area contributed by atoms with Gasteiger partial charge in [0.05, 0.1) is 11.6 Å². The number of likely N-dealkylation sites (N-methyl/N-ethyl adjacent to an activating group) is 1. The number of aromatic nitrogens is 1. The van der Waals surface area contributed by atoms with Gasteiger partial charge in [-0.3, -0.25) is 10.3 Å². The van der Waals surface area contributed by atoms with Crippen LogP contribution in [-0.2, 0) is 0 Å². The van der Waals surface area contributed by atoms with Gasteiger partial charge in [0.2, 0.25) is 0 Å². The maximum absolute atomic E-state index is 9.43. The third-order valence-electron chi connectivity index (χ3n) is 3.96. The summed E-state index contributed by atoms with van der Waals surface area (Å²) < 4.78 is 5.84. The molecule has 1 N–H and O–H groups in total. The minimum absolute atomic E-state index is 0.364. The Bertz CT molecular complexity index is 660. The number of nitriles is 1. The average Bonchev–Trinajstić information content (AvgIpc) is 3.34. The normalized spacial score (nSPS) is 17.4. The maximum atomic E-state index is 9.43. The largest absolute Gasteiger partial charge is 0.490 e. The lowest BCUT2D eigenvalue weighted by Crippen LogP contribution is -2.49. The second-order valence-electron chi connectivity index (χ2n) is 5.25. The van der Waals surface area contributed by atoms with Crippen molar-refractivity contribution in [1.82, 2.24) is 10.3 Å². The maximum Gasteiger partial charge on any atom is 0.143 e. The first kappa shape index (κ1) is 12.9. The molecule has 0 bridgehead atoms. The minimum Gasteiger partial charge on any atom is -0.490 e. The van der Waals surface area contributed by atoms with Gasteiger partial charge < -0.3 is 4.74 Å². The lowest BCUT2D eigenvalue weighted by molar-refractivity contribution is 0.211. The van der Waals surface area contributed by atoms with Gasteiger partial charge in [-0.15, -0.1) is 0 Å². The molecule has 4 nitrogen and oxygen atoms in total. The summed E-state index contributed by atoms with van der Waals surface area (Å²) in [5, 5.41) is 13.7. The Hall–Kier alpha value is -2.12. The smallest absolute Gasteiger partial charge is 0.143 e. The average molecular weight is 267 g/mol. The fraction of sp³-hybridized carbons (Fsp3) is 0.375. The second kappa shape index (κ2) is 5.10. The van der Waals surface area contributed by atoms with Gasteiger partial charge in [0, 0.05) is 17.6 Å². The molecule has 102 valence electrons. The van der Waals surface area contributed by atoms with E-state index in [9.17, 15) is 5.26 Å². The molecule has 2 aromatic rings. The molecule has 1 aromatic heterocycles. The highest BCUT2D eigenvalue weighted by molar-refractivity contribution is 5.79. The lowest BCUT2D eigenvalue weighted by atomic mass is 9.96. The van der Waals surface area contributed by atoms with Crippen molar-refractivity contribution >= 4 is 10.9 Å². The number of hydrogen-bond donors (Lipinski definition) is 1. The zero-order valence-corrected chi connectivity index (χ0v) is 11.5. The number of benzene rings is 1. The van der Waals surface area contributed by atoms with Crippen LogP contribution in [0.4, 0.5) is 0 Å². The van der Waals surface area contributed by atoms with E-state index in [1.54, 1.807) is 6.20 Å². The first-order valence-corrected chi connectivity index (χ1v) is 6.85. The van der Waals surface area contributed by atoms with Crippen molar-refractivity contribution in [3.8, 4) is 11.8 Å². The van der Waals surface area contributed by atoms with Crippen LogP contribution in [0.1, 0.15) is 12.8 Å². The molecular formula is C16H17N3O. The highest BCUT2D eigenvalue weighted by atomic mass is 16.5. The van der Waals surface area contributed by atoms with E-state index in [1.165, 1.54) is 0 Å².